The summed E-state index contributed by atoms with van der Waals surface area (Å²) in [5, 5.41) is 3.00. The van der Waals surface area contributed by atoms with Crippen molar-refractivity contribution in [2.45, 2.75) is 31.4 Å². The van der Waals surface area contributed by atoms with Crippen LogP contribution in [0.15, 0.2) is 30.9 Å². The van der Waals surface area contributed by atoms with Crippen molar-refractivity contribution in [3.05, 3.63) is 36.4 Å². The molecule has 6 nitrogen and oxygen atoms in total. The minimum atomic E-state index is -0.0573. The highest BCUT2D eigenvalue weighted by atomic mass is 16.5. The van der Waals surface area contributed by atoms with Crippen LogP contribution in [0.3, 0.4) is 0 Å². The molecule has 4 rings (SSSR count). The molecule has 0 aliphatic carbocycles. The highest BCUT2D eigenvalue weighted by Crippen LogP contribution is 2.21. The Balaban J connectivity index is 1.34. The van der Waals surface area contributed by atoms with Gasteiger partial charge in [0.1, 0.15) is 0 Å². The van der Waals surface area contributed by atoms with Gasteiger partial charge in [-0.3, -0.25) is 9.69 Å². The van der Waals surface area contributed by atoms with Gasteiger partial charge >= 0.3 is 0 Å². The van der Waals surface area contributed by atoms with Crippen molar-refractivity contribution in [1.82, 2.24) is 19.6 Å². The Morgan fingerprint density at radius 1 is 1.43 bits per heavy atom. The Morgan fingerprint density at radius 2 is 2.39 bits per heavy atom. The number of carbonyl (C=O) groups is 1. The van der Waals surface area contributed by atoms with Crippen molar-refractivity contribution in [2.24, 2.45) is 0 Å². The van der Waals surface area contributed by atoms with Crippen molar-refractivity contribution in [3.63, 3.8) is 0 Å². The van der Waals surface area contributed by atoms with E-state index in [-0.39, 0.29) is 12.0 Å². The monoisotopic (exact) mass is 314 g/mol. The molecule has 4 heterocycles. The zero-order valence-electron chi connectivity index (χ0n) is 13.1. The molecule has 2 fully saturated rings. The molecule has 2 aromatic heterocycles. The van der Waals surface area contributed by atoms with Crippen molar-refractivity contribution < 1.29 is 9.53 Å². The number of hydrogen-bond acceptors (Lipinski definition) is 4. The van der Waals surface area contributed by atoms with Crippen LogP contribution < -0.4 is 5.32 Å². The van der Waals surface area contributed by atoms with Crippen LogP contribution in [0.4, 0.5) is 0 Å². The molecule has 0 unspecified atom stereocenters. The van der Waals surface area contributed by atoms with Gasteiger partial charge in [0.25, 0.3) is 5.91 Å². The first-order chi connectivity index (χ1) is 11.3. The van der Waals surface area contributed by atoms with Crippen LogP contribution in [0.2, 0.25) is 0 Å². The van der Waals surface area contributed by atoms with E-state index in [0.717, 1.165) is 25.2 Å². The van der Waals surface area contributed by atoms with Crippen molar-refractivity contribution in [3.8, 4) is 0 Å². The molecule has 6 heteroatoms. The second-order valence-corrected chi connectivity index (χ2v) is 6.45. The number of nitrogens with one attached hydrogen (secondary N) is 1. The molecule has 122 valence electrons. The van der Waals surface area contributed by atoms with E-state index in [1.807, 2.05) is 22.7 Å². The van der Waals surface area contributed by atoms with Gasteiger partial charge < -0.3 is 14.5 Å². The zero-order valence-corrected chi connectivity index (χ0v) is 13.1. The summed E-state index contributed by atoms with van der Waals surface area (Å²) in [5.74, 6) is -0.0573. The number of rotatable bonds is 3. The highest BCUT2D eigenvalue weighted by Gasteiger charge is 2.30. The molecule has 1 N–H and O–H groups in total. The number of fused-ring (bicyclic) bond motifs is 2. The lowest BCUT2D eigenvalue weighted by atomic mass is 10.0. The molecule has 2 aliphatic heterocycles. The summed E-state index contributed by atoms with van der Waals surface area (Å²) >= 11 is 0. The number of hydrogen-bond donors (Lipinski definition) is 1. The quantitative estimate of drug-likeness (QED) is 0.928. The first kappa shape index (κ1) is 14.7. The molecule has 23 heavy (non-hydrogen) atoms. The van der Waals surface area contributed by atoms with Crippen LogP contribution >= 0.6 is 0 Å². The maximum absolute atomic E-state index is 12.3. The SMILES string of the molecule is O=C(NC[C@H]1CN2CCCC[C@@H]2CO1)c1ccn2cncc2c1. The third kappa shape index (κ3) is 3.09. The van der Waals surface area contributed by atoms with Crippen LogP contribution in [-0.2, 0) is 4.74 Å². The van der Waals surface area contributed by atoms with Gasteiger partial charge in [0, 0.05) is 30.9 Å². The number of aromatic nitrogens is 2. The smallest absolute Gasteiger partial charge is 0.251 e. The van der Waals surface area contributed by atoms with Gasteiger partial charge in [0.2, 0.25) is 0 Å². The number of amides is 1. The maximum Gasteiger partial charge on any atom is 0.251 e. The molecule has 0 saturated carbocycles. The topological polar surface area (TPSA) is 58.9 Å². The second-order valence-electron chi connectivity index (χ2n) is 6.45. The molecule has 2 saturated heterocycles. The molecular formula is C17H22N4O2. The third-order valence-electron chi connectivity index (χ3n) is 4.88. The Labute approximate surface area is 135 Å². The molecular weight excluding hydrogens is 292 g/mol. The predicted octanol–water partition coefficient (Wildman–Crippen LogP) is 1.32. The number of pyridine rings is 1. The number of imidazole rings is 1. The van der Waals surface area contributed by atoms with Crippen molar-refractivity contribution in [1.29, 1.82) is 0 Å². The van der Waals surface area contributed by atoms with E-state index < -0.39 is 0 Å². The van der Waals surface area contributed by atoms with Gasteiger partial charge in [0.15, 0.2) is 0 Å². The number of piperidine rings is 1. The summed E-state index contributed by atoms with van der Waals surface area (Å²) in [6.45, 7) is 3.44. The number of nitrogens with zero attached hydrogens (tertiary/aromatic N) is 3. The molecule has 0 aromatic carbocycles. The fourth-order valence-corrected chi connectivity index (χ4v) is 3.54. The van der Waals surface area contributed by atoms with Gasteiger partial charge in [-0.25, -0.2) is 4.98 Å². The normalized spacial score (nSPS) is 25.2. The van der Waals surface area contributed by atoms with Gasteiger partial charge in [-0.1, -0.05) is 6.42 Å². The summed E-state index contributed by atoms with van der Waals surface area (Å²) < 4.78 is 7.81. The summed E-state index contributed by atoms with van der Waals surface area (Å²) in [7, 11) is 0. The minimum Gasteiger partial charge on any atom is -0.373 e. The molecule has 0 spiro atoms. The van der Waals surface area contributed by atoms with Crippen LogP contribution in [-0.4, -0.2) is 58.6 Å². The van der Waals surface area contributed by atoms with E-state index >= 15 is 0 Å². The van der Waals surface area contributed by atoms with Crippen LogP contribution in [0.1, 0.15) is 29.6 Å². The maximum atomic E-state index is 12.3. The molecule has 2 aliphatic rings. The summed E-state index contributed by atoms with van der Waals surface area (Å²) in [6, 6.07) is 4.25. The summed E-state index contributed by atoms with van der Waals surface area (Å²) in [6.07, 6.45) is 9.24. The predicted molar refractivity (Wildman–Crippen MR) is 86.5 cm³/mol. The average molecular weight is 314 g/mol. The number of carbonyl (C=O) groups excluding carboxylic acids is 1. The van der Waals surface area contributed by atoms with Gasteiger partial charge in [0.05, 0.1) is 30.8 Å². The van der Waals surface area contributed by atoms with E-state index in [1.54, 1.807) is 12.5 Å². The number of ether oxygens (including phenoxy) is 1. The first-order valence-electron chi connectivity index (χ1n) is 8.35. The fraction of sp³-hybridized carbons (Fsp3) is 0.529. The second kappa shape index (κ2) is 6.29. The number of morpholine rings is 1. The lowest BCUT2D eigenvalue weighted by Crippen LogP contribution is -2.54. The van der Waals surface area contributed by atoms with Crippen LogP contribution in [0, 0.1) is 0 Å². The molecule has 2 aromatic rings. The summed E-state index contributed by atoms with van der Waals surface area (Å²) in [4.78, 5) is 18.9. The molecule has 1 amide bonds. The Kier molecular flexibility index (Phi) is 4.01. The van der Waals surface area contributed by atoms with E-state index in [2.05, 4.69) is 15.2 Å². The largest absolute Gasteiger partial charge is 0.373 e. The van der Waals surface area contributed by atoms with Gasteiger partial charge in [-0.15, -0.1) is 0 Å². The van der Waals surface area contributed by atoms with E-state index in [9.17, 15) is 4.79 Å². The lowest BCUT2D eigenvalue weighted by Gasteiger charge is -2.42. The van der Waals surface area contributed by atoms with Crippen LogP contribution in [0.25, 0.3) is 5.52 Å². The minimum absolute atomic E-state index is 0.0573. The summed E-state index contributed by atoms with van der Waals surface area (Å²) in [5.41, 5.74) is 1.58. The lowest BCUT2D eigenvalue weighted by molar-refractivity contribution is -0.0725. The zero-order chi connectivity index (χ0) is 15.6. The van der Waals surface area contributed by atoms with E-state index in [1.165, 1.54) is 19.3 Å². The van der Waals surface area contributed by atoms with Crippen molar-refractivity contribution in [2.75, 3.05) is 26.2 Å². The highest BCUT2D eigenvalue weighted by molar-refractivity contribution is 5.95. The van der Waals surface area contributed by atoms with Crippen molar-refractivity contribution >= 4 is 11.4 Å². The Morgan fingerprint density at radius 3 is 3.35 bits per heavy atom. The Bertz CT molecular complexity index is 699. The fourth-order valence-electron chi connectivity index (χ4n) is 3.54. The first-order valence-corrected chi connectivity index (χ1v) is 8.35. The molecule has 2 atom stereocenters. The molecule has 0 bridgehead atoms. The van der Waals surface area contributed by atoms with Gasteiger partial charge in [-0.2, -0.15) is 0 Å². The molecule has 0 radical (unpaired) electrons. The third-order valence-corrected chi connectivity index (χ3v) is 4.88. The Hall–Kier alpha value is -1.92. The standard InChI is InChI=1S/C17H22N4O2/c22-17(13-4-6-21-12-18-8-15(21)7-13)19-9-16-10-20-5-2-1-3-14(20)11-23-16/h4,6-8,12,14,16H,1-3,5,9-11H2,(H,19,22)/t14-,16+/m1/s1. The van der Waals surface area contributed by atoms with E-state index in [0.29, 0.717) is 18.2 Å². The van der Waals surface area contributed by atoms with Gasteiger partial charge in [-0.05, 0) is 31.5 Å². The average Bonchev–Trinajstić information content (AvgIpc) is 3.07. The van der Waals surface area contributed by atoms with E-state index in [4.69, 9.17) is 4.74 Å². The van der Waals surface area contributed by atoms with Crippen LogP contribution in [0.5, 0.6) is 0 Å².